The van der Waals surface area contributed by atoms with Crippen LogP contribution in [0.3, 0.4) is 0 Å². The quantitative estimate of drug-likeness (QED) is 0.418. The largest absolute Gasteiger partial charge is 0.508 e. The van der Waals surface area contributed by atoms with E-state index < -0.39 is 21.8 Å². The van der Waals surface area contributed by atoms with Crippen LogP contribution in [0.5, 0.6) is 17.2 Å². The molecule has 1 unspecified atom stereocenters. The van der Waals surface area contributed by atoms with Crippen molar-refractivity contribution in [2.45, 2.75) is 17.9 Å². The molecule has 1 fully saturated rings. The highest BCUT2D eigenvalue weighted by atomic mass is 32.2. The molecule has 200 valence electrons. The molecule has 1 saturated heterocycles. The smallest absolute Gasteiger partial charge is 0.175 e. The van der Waals surface area contributed by atoms with E-state index in [0.29, 0.717) is 34.8 Å². The van der Waals surface area contributed by atoms with Crippen LogP contribution >= 0.6 is 0 Å². The van der Waals surface area contributed by atoms with Crippen LogP contribution in [-0.4, -0.2) is 57.6 Å². The Morgan fingerprint density at radius 2 is 1.82 bits per heavy atom. The van der Waals surface area contributed by atoms with Crippen molar-refractivity contribution in [2.75, 3.05) is 39.2 Å². The number of nitrogens with zero attached hydrogens (tertiary/aromatic N) is 1. The number of alkyl halides is 1. The number of hydrogen-bond acceptors (Lipinski definition) is 6. The van der Waals surface area contributed by atoms with Crippen molar-refractivity contribution in [3.05, 3.63) is 83.2 Å². The van der Waals surface area contributed by atoms with E-state index >= 15 is 0 Å². The van der Waals surface area contributed by atoms with E-state index in [2.05, 4.69) is 4.90 Å². The molecule has 0 bridgehead atoms. The minimum atomic E-state index is -3.66. The fourth-order valence-electron chi connectivity index (χ4n) is 4.96. The Kier molecular flexibility index (Phi) is 7.15. The fourth-order valence-corrected chi connectivity index (χ4v) is 5.63. The van der Waals surface area contributed by atoms with Gasteiger partial charge in [-0.15, -0.1) is 0 Å². The van der Waals surface area contributed by atoms with Gasteiger partial charge in [-0.25, -0.2) is 12.8 Å². The number of sulfone groups is 1. The lowest BCUT2D eigenvalue weighted by atomic mass is 9.86. The van der Waals surface area contributed by atoms with Gasteiger partial charge in [0.2, 0.25) is 0 Å². The van der Waals surface area contributed by atoms with Gasteiger partial charge in [0.15, 0.2) is 9.84 Å². The maximum atomic E-state index is 14.6. The lowest BCUT2D eigenvalue weighted by Crippen LogP contribution is -2.49. The van der Waals surface area contributed by atoms with Crippen LogP contribution in [0.25, 0.3) is 11.1 Å². The highest BCUT2D eigenvalue weighted by molar-refractivity contribution is 7.90. The molecular weight excluding hydrogens is 512 g/mol. The van der Waals surface area contributed by atoms with Crippen LogP contribution < -0.4 is 9.47 Å². The molecule has 0 aromatic heterocycles. The second kappa shape index (κ2) is 10.4. The van der Waals surface area contributed by atoms with Gasteiger partial charge in [0, 0.05) is 42.9 Å². The molecule has 2 heterocycles. The molecule has 1 atom stereocenters. The fraction of sp³-hybridized carbons (Fsp3) is 0.310. The molecule has 0 aliphatic carbocycles. The lowest BCUT2D eigenvalue weighted by molar-refractivity contribution is 0.0668. The van der Waals surface area contributed by atoms with Crippen LogP contribution in [-0.2, 0) is 9.84 Å². The van der Waals surface area contributed by atoms with E-state index in [4.69, 9.17) is 9.47 Å². The van der Waals surface area contributed by atoms with Crippen LogP contribution in [0.15, 0.2) is 65.6 Å². The zero-order valence-electron chi connectivity index (χ0n) is 21.2. The normalized spacial score (nSPS) is 18.1. The van der Waals surface area contributed by atoms with Gasteiger partial charge in [0.1, 0.15) is 35.8 Å². The maximum absolute atomic E-state index is 14.6. The summed E-state index contributed by atoms with van der Waals surface area (Å²) in [5.74, 6) is 0.740. The predicted octanol–water partition coefficient (Wildman–Crippen LogP) is 5.28. The summed E-state index contributed by atoms with van der Waals surface area (Å²) in [4.78, 5) is 2.02. The molecule has 0 amide bonds. The Labute approximate surface area is 221 Å². The molecule has 3 aromatic rings. The number of benzene rings is 3. The van der Waals surface area contributed by atoms with Gasteiger partial charge >= 0.3 is 0 Å². The van der Waals surface area contributed by atoms with E-state index in [0.717, 1.165) is 43.1 Å². The van der Waals surface area contributed by atoms with Crippen molar-refractivity contribution >= 4 is 21.0 Å². The second-order valence-electron chi connectivity index (χ2n) is 9.86. The molecule has 38 heavy (non-hydrogen) atoms. The molecule has 0 radical (unpaired) electrons. The lowest BCUT2D eigenvalue weighted by Gasteiger charge is -2.37. The van der Waals surface area contributed by atoms with Crippen LogP contribution in [0, 0.1) is 11.7 Å². The van der Waals surface area contributed by atoms with Crippen molar-refractivity contribution in [2.24, 2.45) is 5.92 Å². The van der Waals surface area contributed by atoms with Gasteiger partial charge in [0.25, 0.3) is 0 Å². The summed E-state index contributed by atoms with van der Waals surface area (Å²) >= 11 is 0. The first-order valence-corrected chi connectivity index (χ1v) is 14.2. The summed E-state index contributed by atoms with van der Waals surface area (Å²) in [5, 5.41) is 10.1. The van der Waals surface area contributed by atoms with Crippen molar-refractivity contribution < 1.29 is 31.8 Å². The molecule has 9 heteroatoms. The van der Waals surface area contributed by atoms with Gasteiger partial charge < -0.3 is 14.6 Å². The number of fused-ring (bicyclic) bond motifs is 1. The SMILES string of the molecule is CC1=C(c2cc(F)cc(S(C)(=O)=O)c2)C(c2ccc(OCCN3CC(CF)C3)cc2)Oc2ccc(O)cc21. The number of likely N-dealkylation sites (tertiary alicyclic amines) is 1. The third-order valence-corrected chi connectivity index (χ3v) is 8.09. The summed E-state index contributed by atoms with van der Waals surface area (Å²) < 4.78 is 63.9. The summed E-state index contributed by atoms with van der Waals surface area (Å²) in [6.45, 7) is 4.28. The minimum absolute atomic E-state index is 0.0560. The number of aromatic hydroxyl groups is 1. The molecule has 6 nitrogen and oxygen atoms in total. The molecule has 2 aliphatic rings. The van der Waals surface area contributed by atoms with Gasteiger partial charge in [-0.1, -0.05) is 12.1 Å². The second-order valence-corrected chi connectivity index (χ2v) is 11.9. The summed E-state index contributed by atoms with van der Waals surface area (Å²) in [5.41, 5.74) is 3.12. The van der Waals surface area contributed by atoms with Crippen molar-refractivity contribution in [1.82, 2.24) is 4.90 Å². The number of ether oxygens (including phenoxy) is 2. The first-order valence-electron chi connectivity index (χ1n) is 12.4. The highest BCUT2D eigenvalue weighted by Gasteiger charge is 2.31. The van der Waals surface area contributed by atoms with E-state index in [1.54, 1.807) is 12.1 Å². The van der Waals surface area contributed by atoms with Crippen molar-refractivity contribution in [3.8, 4) is 17.2 Å². The van der Waals surface area contributed by atoms with Crippen LogP contribution in [0.4, 0.5) is 8.78 Å². The van der Waals surface area contributed by atoms with Gasteiger partial charge in [-0.3, -0.25) is 9.29 Å². The molecule has 0 spiro atoms. The number of rotatable bonds is 8. The number of hydrogen-bond donors (Lipinski definition) is 1. The first-order chi connectivity index (χ1) is 18.1. The number of phenolic OH excluding ortho intramolecular Hbond substituents is 1. The van der Waals surface area contributed by atoms with Crippen molar-refractivity contribution in [1.29, 1.82) is 0 Å². The third kappa shape index (κ3) is 5.39. The number of halogens is 2. The van der Waals surface area contributed by atoms with Gasteiger partial charge in [-0.05, 0) is 72.2 Å². The Bertz CT molecular complexity index is 1480. The Morgan fingerprint density at radius 3 is 2.50 bits per heavy atom. The molecule has 0 saturated carbocycles. The average molecular weight is 542 g/mol. The Morgan fingerprint density at radius 1 is 1.08 bits per heavy atom. The number of allylic oxidation sites excluding steroid dienone is 1. The molecule has 2 aliphatic heterocycles. The zero-order chi connectivity index (χ0) is 27.0. The van der Waals surface area contributed by atoms with E-state index in [1.165, 1.54) is 18.2 Å². The molecule has 1 N–H and O–H groups in total. The van der Waals surface area contributed by atoms with Gasteiger partial charge in [-0.2, -0.15) is 0 Å². The topological polar surface area (TPSA) is 76.1 Å². The van der Waals surface area contributed by atoms with Crippen LogP contribution in [0.2, 0.25) is 0 Å². The average Bonchev–Trinajstić information content (AvgIpc) is 2.85. The maximum Gasteiger partial charge on any atom is 0.175 e. The summed E-state index contributed by atoms with van der Waals surface area (Å²) in [6.07, 6.45) is 0.378. The van der Waals surface area contributed by atoms with E-state index in [9.17, 15) is 22.3 Å². The first kappa shape index (κ1) is 26.2. The predicted molar refractivity (Wildman–Crippen MR) is 141 cm³/mol. The monoisotopic (exact) mass is 541 g/mol. The number of phenols is 1. The van der Waals surface area contributed by atoms with Crippen LogP contribution in [0.1, 0.15) is 29.7 Å². The third-order valence-electron chi connectivity index (χ3n) is 7.00. The molecular formula is C29H29F2NO5S. The standard InChI is InChI=1S/C29H29F2NO5S/c1-18-26-14-23(33)5-8-27(26)37-29(28(18)21-11-22(31)13-25(12-21)38(2,34)35)20-3-6-24(7-4-20)36-10-9-32-16-19(15-30)17-32/h3-8,11-14,19,29,33H,9-10,15-17H2,1-2H3. The summed E-state index contributed by atoms with van der Waals surface area (Å²) in [6, 6.07) is 15.9. The van der Waals surface area contributed by atoms with Crippen molar-refractivity contribution in [3.63, 3.8) is 0 Å². The zero-order valence-corrected chi connectivity index (χ0v) is 22.0. The highest BCUT2D eigenvalue weighted by Crippen LogP contribution is 2.47. The Balaban J connectivity index is 1.46. The summed E-state index contributed by atoms with van der Waals surface area (Å²) in [7, 11) is -3.66. The molecule has 3 aromatic carbocycles. The van der Waals surface area contributed by atoms with E-state index in [-0.39, 0.29) is 23.2 Å². The Hall–Kier alpha value is -3.43. The van der Waals surface area contributed by atoms with Gasteiger partial charge in [0.05, 0.1) is 11.6 Å². The van der Waals surface area contributed by atoms with E-state index in [1.807, 2.05) is 31.2 Å². The minimum Gasteiger partial charge on any atom is -0.508 e. The molecule has 5 rings (SSSR count).